The highest BCUT2D eigenvalue weighted by Gasteiger charge is 2.18. The molecule has 4 heteroatoms. The Morgan fingerprint density at radius 1 is 1.47 bits per heavy atom. The van der Waals surface area contributed by atoms with Crippen molar-refractivity contribution < 1.29 is 4.79 Å². The van der Waals surface area contributed by atoms with Crippen molar-refractivity contribution in [3.63, 3.8) is 0 Å². The Morgan fingerprint density at radius 2 is 2.18 bits per heavy atom. The van der Waals surface area contributed by atoms with E-state index in [1.165, 1.54) is 0 Å². The number of hydrogen-bond acceptors (Lipinski definition) is 3. The fourth-order valence-electron chi connectivity index (χ4n) is 1.56. The molecule has 1 aromatic rings. The maximum absolute atomic E-state index is 11.8. The van der Waals surface area contributed by atoms with Gasteiger partial charge in [0.05, 0.1) is 0 Å². The molecule has 0 aliphatic rings. The Morgan fingerprint density at radius 3 is 2.76 bits per heavy atom. The van der Waals surface area contributed by atoms with Gasteiger partial charge in [-0.2, -0.15) is 0 Å². The number of nitrogens with one attached hydrogen (secondary N) is 1. The number of pyridine rings is 1. The number of rotatable bonds is 5. The molecule has 0 atom stereocenters. The van der Waals surface area contributed by atoms with Gasteiger partial charge in [0.25, 0.3) is 5.91 Å². The molecule has 0 radical (unpaired) electrons. The number of carbonyl (C=O) groups excluding carboxylic acids is 1. The van der Waals surface area contributed by atoms with Gasteiger partial charge in [0.15, 0.2) is 0 Å². The average Bonchev–Trinajstić information content (AvgIpc) is 2.26. The molecule has 17 heavy (non-hydrogen) atoms. The number of aromatic nitrogens is 1. The summed E-state index contributed by atoms with van der Waals surface area (Å²) in [6.07, 6.45) is 0.883. The fraction of sp³-hybridized carbons (Fsp3) is 0.538. The lowest BCUT2D eigenvalue weighted by atomic mass is 9.89. The van der Waals surface area contributed by atoms with Crippen LogP contribution < -0.4 is 11.1 Å². The minimum atomic E-state index is -0.126. The van der Waals surface area contributed by atoms with Crippen LogP contribution >= 0.6 is 0 Å². The van der Waals surface area contributed by atoms with Gasteiger partial charge < -0.3 is 11.1 Å². The lowest BCUT2D eigenvalue weighted by molar-refractivity contribution is 0.0930. The molecular formula is C13H21N3O. The van der Waals surface area contributed by atoms with E-state index >= 15 is 0 Å². The number of amides is 1. The van der Waals surface area contributed by atoms with Crippen LogP contribution in [0.4, 0.5) is 0 Å². The first-order valence-corrected chi connectivity index (χ1v) is 5.86. The SMILES string of the molecule is Cc1cccc(C(=O)NCC(C)(C)CCN)n1. The molecule has 0 aliphatic carbocycles. The van der Waals surface area contributed by atoms with Gasteiger partial charge in [0.1, 0.15) is 5.69 Å². The number of aryl methyl sites for hydroxylation is 1. The minimum Gasteiger partial charge on any atom is -0.350 e. The number of hydrogen-bond donors (Lipinski definition) is 2. The minimum absolute atomic E-state index is 0.0221. The van der Waals surface area contributed by atoms with E-state index in [0.29, 0.717) is 18.8 Å². The van der Waals surface area contributed by atoms with E-state index in [1.807, 2.05) is 19.1 Å². The molecule has 0 aliphatic heterocycles. The number of nitrogens with zero attached hydrogens (tertiary/aromatic N) is 1. The van der Waals surface area contributed by atoms with Crippen LogP contribution in [-0.2, 0) is 0 Å². The Hall–Kier alpha value is -1.42. The third-order valence-corrected chi connectivity index (χ3v) is 2.67. The molecular weight excluding hydrogens is 214 g/mol. The Labute approximate surface area is 103 Å². The van der Waals surface area contributed by atoms with Crippen molar-refractivity contribution >= 4 is 5.91 Å². The van der Waals surface area contributed by atoms with Crippen LogP contribution in [0.2, 0.25) is 0 Å². The third kappa shape index (κ3) is 4.53. The summed E-state index contributed by atoms with van der Waals surface area (Å²) in [4.78, 5) is 16.0. The summed E-state index contributed by atoms with van der Waals surface area (Å²) < 4.78 is 0. The third-order valence-electron chi connectivity index (χ3n) is 2.67. The van der Waals surface area contributed by atoms with E-state index in [1.54, 1.807) is 6.07 Å². The van der Waals surface area contributed by atoms with Gasteiger partial charge in [-0.3, -0.25) is 4.79 Å². The van der Waals surface area contributed by atoms with E-state index in [4.69, 9.17) is 5.73 Å². The summed E-state index contributed by atoms with van der Waals surface area (Å²) in [5.74, 6) is -0.126. The highest BCUT2D eigenvalue weighted by atomic mass is 16.1. The molecule has 1 aromatic heterocycles. The predicted octanol–water partition coefficient (Wildman–Crippen LogP) is 1.49. The second-order valence-corrected chi connectivity index (χ2v) is 5.05. The molecule has 3 N–H and O–H groups in total. The van der Waals surface area contributed by atoms with Gasteiger partial charge in [-0.1, -0.05) is 19.9 Å². The monoisotopic (exact) mass is 235 g/mol. The zero-order valence-electron chi connectivity index (χ0n) is 10.8. The van der Waals surface area contributed by atoms with E-state index < -0.39 is 0 Å². The molecule has 0 aromatic carbocycles. The molecule has 0 saturated carbocycles. The van der Waals surface area contributed by atoms with E-state index in [0.717, 1.165) is 12.1 Å². The van der Waals surface area contributed by atoms with Crippen LogP contribution in [-0.4, -0.2) is 24.0 Å². The van der Waals surface area contributed by atoms with Crippen LogP contribution in [0, 0.1) is 12.3 Å². The van der Waals surface area contributed by atoms with Crippen LogP contribution in [0.3, 0.4) is 0 Å². The van der Waals surface area contributed by atoms with Crippen molar-refractivity contribution in [3.8, 4) is 0 Å². The van der Waals surface area contributed by atoms with Crippen molar-refractivity contribution in [1.82, 2.24) is 10.3 Å². The van der Waals surface area contributed by atoms with E-state index in [2.05, 4.69) is 24.1 Å². The molecule has 1 heterocycles. The molecule has 0 saturated heterocycles. The molecule has 94 valence electrons. The molecule has 0 spiro atoms. The first kappa shape index (κ1) is 13.6. The van der Waals surface area contributed by atoms with Gasteiger partial charge in [-0.15, -0.1) is 0 Å². The molecule has 0 fully saturated rings. The summed E-state index contributed by atoms with van der Waals surface area (Å²) in [5, 5.41) is 2.89. The quantitative estimate of drug-likeness (QED) is 0.812. The van der Waals surface area contributed by atoms with Gasteiger partial charge >= 0.3 is 0 Å². The summed E-state index contributed by atoms with van der Waals surface area (Å²) in [6, 6.07) is 5.43. The van der Waals surface area contributed by atoms with Crippen molar-refractivity contribution in [2.75, 3.05) is 13.1 Å². The topological polar surface area (TPSA) is 68.0 Å². The van der Waals surface area contributed by atoms with Crippen molar-refractivity contribution in [2.45, 2.75) is 27.2 Å². The highest BCUT2D eigenvalue weighted by Crippen LogP contribution is 2.17. The second-order valence-electron chi connectivity index (χ2n) is 5.05. The second kappa shape index (κ2) is 5.77. The largest absolute Gasteiger partial charge is 0.350 e. The lowest BCUT2D eigenvalue weighted by Crippen LogP contribution is -2.35. The van der Waals surface area contributed by atoms with Gasteiger partial charge in [0.2, 0.25) is 0 Å². The maximum atomic E-state index is 11.8. The molecule has 4 nitrogen and oxygen atoms in total. The van der Waals surface area contributed by atoms with E-state index in [-0.39, 0.29) is 11.3 Å². The smallest absolute Gasteiger partial charge is 0.269 e. The van der Waals surface area contributed by atoms with Crippen LogP contribution in [0.5, 0.6) is 0 Å². The first-order valence-electron chi connectivity index (χ1n) is 5.86. The Kier molecular flexibility index (Phi) is 4.63. The van der Waals surface area contributed by atoms with Crippen LogP contribution in [0.1, 0.15) is 36.5 Å². The Balaban J connectivity index is 2.56. The predicted molar refractivity (Wildman–Crippen MR) is 68.8 cm³/mol. The average molecular weight is 235 g/mol. The standard InChI is InChI=1S/C13H21N3O/c1-10-5-4-6-11(16-10)12(17)15-9-13(2,3)7-8-14/h4-6H,7-9,14H2,1-3H3,(H,15,17). The highest BCUT2D eigenvalue weighted by molar-refractivity contribution is 5.92. The summed E-state index contributed by atoms with van der Waals surface area (Å²) in [7, 11) is 0. The fourth-order valence-corrected chi connectivity index (χ4v) is 1.56. The van der Waals surface area contributed by atoms with Gasteiger partial charge in [-0.25, -0.2) is 4.98 Å². The van der Waals surface area contributed by atoms with E-state index in [9.17, 15) is 4.79 Å². The van der Waals surface area contributed by atoms with Crippen LogP contribution in [0.15, 0.2) is 18.2 Å². The first-order chi connectivity index (χ1) is 7.94. The normalized spacial score (nSPS) is 11.3. The van der Waals surface area contributed by atoms with Crippen LogP contribution in [0.25, 0.3) is 0 Å². The summed E-state index contributed by atoms with van der Waals surface area (Å²) in [6.45, 7) is 7.28. The molecule has 1 amide bonds. The zero-order valence-corrected chi connectivity index (χ0v) is 10.8. The Bertz CT molecular complexity index is 388. The van der Waals surface area contributed by atoms with Crippen molar-refractivity contribution in [1.29, 1.82) is 0 Å². The zero-order chi connectivity index (χ0) is 12.9. The molecule has 1 rings (SSSR count). The lowest BCUT2D eigenvalue weighted by Gasteiger charge is -2.23. The maximum Gasteiger partial charge on any atom is 0.269 e. The molecule has 0 unspecified atom stereocenters. The number of carbonyl (C=O) groups is 1. The van der Waals surface area contributed by atoms with Gasteiger partial charge in [0, 0.05) is 12.2 Å². The van der Waals surface area contributed by atoms with Crippen molar-refractivity contribution in [3.05, 3.63) is 29.6 Å². The van der Waals surface area contributed by atoms with Gasteiger partial charge in [-0.05, 0) is 37.4 Å². The summed E-state index contributed by atoms with van der Waals surface area (Å²) >= 11 is 0. The summed E-state index contributed by atoms with van der Waals surface area (Å²) in [5.41, 5.74) is 6.86. The van der Waals surface area contributed by atoms with Crippen molar-refractivity contribution in [2.24, 2.45) is 11.1 Å². The molecule has 0 bridgehead atoms. The number of nitrogens with two attached hydrogens (primary N) is 1.